The van der Waals surface area contributed by atoms with Crippen LogP contribution in [0.3, 0.4) is 0 Å². The average molecular weight is 401 g/mol. The highest BCUT2D eigenvalue weighted by molar-refractivity contribution is 7.99. The number of amides is 1. The Labute approximate surface area is 165 Å². The van der Waals surface area contributed by atoms with Gasteiger partial charge in [0.05, 0.1) is 12.0 Å². The second kappa shape index (κ2) is 9.75. The van der Waals surface area contributed by atoms with E-state index in [0.29, 0.717) is 22.7 Å². The normalized spacial score (nSPS) is 10.9. The summed E-state index contributed by atoms with van der Waals surface area (Å²) >= 11 is 7.29. The summed E-state index contributed by atoms with van der Waals surface area (Å²) in [4.78, 5) is 16.2. The van der Waals surface area contributed by atoms with E-state index in [-0.39, 0.29) is 11.7 Å². The van der Waals surface area contributed by atoms with Crippen molar-refractivity contribution in [3.63, 3.8) is 0 Å². The zero-order valence-corrected chi connectivity index (χ0v) is 15.8. The maximum atomic E-state index is 12.0. The van der Waals surface area contributed by atoms with Gasteiger partial charge in [-0.25, -0.2) is 10.5 Å². The van der Waals surface area contributed by atoms with Crippen LogP contribution in [0.5, 0.6) is 0 Å². The monoisotopic (exact) mass is 400 g/mol. The molecule has 1 aromatic heterocycles. The molecule has 0 bridgehead atoms. The number of anilines is 1. The summed E-state index contributed by atoms with van der Waals surface area (Å²) in [5.41, 5.74) is 4.61. The molecule has 3 N–H and O–H groups in total. The van der Waals surface area contributed by atoms with E-state index in [1.54, 1.807) is 12.3 Å². The number of hydrogen-bond donors (Lipinski definition) is 3. The summed E-state index contributed by atoms with van der Waals surface area (Å²) in [7, 11) is 0. The van der Waals surface area contributed by atoms with Crippen LogP contribution in [0.15, 0.2) is 64.9 Å². The van der Waals surface area contributed by atoms with E-state index >= 15 is 0 Å². The number of halogens is 1. The SMILES string of the molecule is O=C(CSc1n[nH]c(N/N=C\c2ccccc2)n1)NCc1ccccc1Cl. The highest BCUT2D eigenvalue weighted by Gasteiger charge is 2.08. The van der Waals surface area contributed by atoms with E-state index in [4.69, 9.17) is 11.6 Å². The van der Waals surface area contributed by atoms with Gasteiger partial charge in [0.2, 0.25) is 17.0 Å². The number of thioether (sulfide) groups is 1. The van der Waals surface area contributed by atoms with Crippen LogP contribution < -0.4 is 10.7 Å². The van der Waals surface area contributed by atoms with Crippen LogP contribution >= 0.6 is 23.4 Å². The van der Waals surface area contributed by atoms with Gasteiger partial charge < -0.3 is 5.32 Å². The van der Waals surface area contributed by atoms with Gasteiger partial charge in [-0.05, 0) is 17.2 Å². The van der Waals surface area contributed by atoms with Crippen molar-refractivity contribution in [1.82, 2.24) is 20.5 Å². The first-order valence-corrected chi connectivity index (χ1v) is 9.46. The fourth-order valence-corrected chi connectivity index (χ4v) is 2.92. The standard InChI is InChI=1S/C18H17ClN6OS/c19-15-9-5-4-8-14(15)11-20-16(26)12-27-18-22-17(24-25-18)23-21-10-13-6-2-1-3-7-13/h1-10H,11-12H2,(H,20,26)(H2,22,23,24,25)/b21-10-. The molecule has 9 heteroatoms. The molecular weight excluding hydrogens is 384 g/mol. The zero-order chi connectivity index (χ0) is 18.9. The first kappa shape index (κ1) is 18.9. The largest absolute Gasteiger partial charge is 0.351 e. The van der Waals surface area contributed by atoms with Gasteiger partial charge >= 0.3 is 0 Å². The van der Waals surface area contributed by atoms with E-state index in [1.807, 2.05) is 48.5 Å². The molecule has 0 saturated heterocycles. The Hall–Kier alpha value is -2.84. The smallest absolute Gasteiger partial charge is 0.240 e. The molecular formula is C18H17ClN6OS. The first-order valence-electron chi connectivity index (χ1n) is 8.10. The molecule has 0 radical (unpaired) electrons. The molecule has 1 heterocycles. The predicted octanol–water partition coefficient (Wildman–Crippen LogP) is 3.31. The fraction of sp³-hybridized carbons (Fsp3) is 0.111. The lowest BCUT2D eigenvalue weighted by Gasteiger charge is -2.05. The third kappa shape index (κ3) is 6.12. The van der Waals surface area contributed by atoms with Crippen LogP contribution in [0, 0.1) is 0 Å². The number of H-pyrrole nitrogens is 1. The molecule has 3 aromatic rings. The van der Waals surface area contributed by atoms with Crippen molar-refractivity contribution in [1.29, 1.82) is 0 Å². The van der Waals surface area contributed by atoms with Crippen molar-refractivity contribution >= 4 is 41.4 Å². The molecule has 0 spiro atoms. The van der Waals surface area contributed by atoms with Gasteiger partial charge in [0.15, 0.2) is 0 Å². The maximum Gasteiger partial charge on any atom is 0.240 e. The molecule has 3 rings (SSSR count). The zero-order valence-electron chi connectivity index (χ0n) is 14.2. The third-order valence-corrected chi connectivity index (χ3v) is 4.63. The van der Waals surface area contributed by atoms with E-state index in [1.165, 1.54) is 11.8 Å². The number of benzene rings is 2. The summed E-state index contributed by atoms with van der Waals surface area (Å²) in [6.07, 6.45) is 1.68. The molecule has 7 nitrogen and oxygen atoms in total. The Morgan fingerprint density at radius 3 is 2.78 bits per heavy atom. The van der Waals surface area contributed by atoms with Crippen LogP contribution in [0.2, 0.25) is 5.02 Å². The number of hydrogen-bond acceptors (Lipinski definition) is 6. The number of nitrogens with zero attached hydrogens (tertiary/aromatic N) is 3. The minimum atomic E-state index is -0.124. The third-order valence-electron chi connectivity index (χ3n) is 3.41. The molecule has 0 aliphatic carbocycles. The lowest BCUT2D eigenvalue weighted by Crippen LogP contribution is -2.24. The van der Waals surface area contributed by atoms with E-state index in [0.717, 1.165) is 11.1 Å². The number of aromatic nitrogens is 3. The number of aromatic amines is 1. The minimum absolute atomic E-state index is 0.124. The molecule has 0 unspecified atom stereocenters. The summed E-state index contributed by atoms with van der Waals surface area (Å²) in [6.45, 7) is 0.383. The lowest BCUT2D eigenvalue weighted by molar-refractivity contribution is -0.118. The van der Waals surface area contributed by atoms with Gasteiger partial charge in [-0.2, -0.15) is 10.1 Å². The van der Waals surface area contributed by atoms with Gasteiger partial charge in [0.1, 0.15) is 0 Å². The second-order valence-corrected chi connectivity index (χ2v) is 6.75. The Balaban J connectivity index is 1.42. The van der Waals surface area contributed by atoms with Crippen LogP contribution in [0.25, 0.3) is 0 Å². The summed E-state index contributed by atoms with van der Waals surface area (Å²) in [5, 5.41) is 14.8. The predicted molar refractivity (Wildman–Crippen MR) is 108 cm³/mol. The van der Waals surface area contributed by atoms with Crippen molar-refractivity contribution in [2.75, 3.05) is 11.2 Å². The number of hydrazone groups is 1. The minimum Gasteiger partial charge on any atom is -0.351 e. The number of carbonyl (C=O) groups is 1. The maximum absolute atomic E-state index is 12.0. The van der Waals surface area contributed by atoms with Crippen molar-refractivity contribution in [2.45, 2.75) is 11.7 Å². The van der Waals surface area contributed by atoms with Gasteiger partial charge in [-0.15, -0.1) is 5.10 Å². The van der Waals surface area contributed by atoms with Gasteiger partial charge in [-0.3, -0.25) is 4.79 Å². The number of carbonyl (C=O) groups excluding carboxylic acids is 1. The first-order chi connectivity index (χ1) is 13.2. The average Bonchev–Trinajstić information content (AvgIpc) is 3.14. The Morgan fingerprint density at radius 1 is 1.19 bits per heavy atom. The summed E-state index contributed by atoms with van der Waals surface area (Å²) in [5.74, 6) is 0.483. The highest BCUT2D eigenvalue weighted by atomic mass is 35.5. The fourth-order valence-electron chi connectivity index (χ4n) is 2.08. The summed E-state index contributed by atoms with van der Waals surface area (Å²) in [6, 6.07) is 17.1. The molecule has 27 heavy (non-hydrogen) atoms. The van der Waals surface area contributed by atoms with E-state index in [2.05, 4.69) is 31.0 Å². The lowest BCUT2D eigenvalue weighted by atomic mass is 10.2. The van der Waals surface area contributed by atoms with E-state index in [9.17, 15) is 4.79 Å². The highest BCUT2D eigenvalue weighted by Crippen LogP contribution is 2.16. The summed E-state index contributed by atoms with van der Waals surface area (Å²) < 4.78 is 0. The quantitative estimate of drug-likeness (QED) is 0.306. The Bertz CT molecular complexity index is 915. The van der Waals surface area contributed by atoms with Crippen molar-refractivity contribution in [3.05, 3.63) is 70.7 Å². The number of nitrogens with one attached hydrogen (secondary N) is 3. The van der Waals surface area contributed by atoms with Gasteiger partial charge in [-0.1, -0.05) is 71.9 Å². The molecule has 0 aliphatic heterocycles. The van der Waals surface area contributed by atoms with Crippen LogP contribution in [-0.2, 0) is 11.3 Å². The molecule has 0 aliphatic rings. The van der Waals surface area contributed by atoms with Crippen LogP contribution in [0.1, 0.15) is 11.1 Å². The van der Waals surface area contributed by atoms with Crippen molar-refractivity contribution < 1.29 is 4.79 Å². The van der Waals surface area contributed by atoms with Crippen molar-refractivity contribution in [2.24, 2.45) is 5.10 Å². The van der Waals surface area contributed by atoms with Crippen LogP contribution in [0.4, 0.5) is 5.95 Å². The van der Waals surface area contributed by atoms with Crippen molar-refractivity contribution in [3.8, 4) is 0 Å². The van der Waals surface area contributed by atoms with Gasteiger partial charge in [0.25, 0.3) is 0 Å². The molecule has 0 atom stereocenters. The topological polar surface area (TPSA) is 95.1 Å². The Morgan fingerprint density at radius 2 is 1.96 bits per heavy atom. The second-order valence-electron chi connectivity index (χ2n) is 5.40. The van der Waals surface area contributed by atoms with Gasteiger partial charge in [0, 0.05) is 11.6 Å². The van der Waals surface area contributed by atoms with E-state index < -0.39 is 0 Å². The van der Waals surface area contributed by atoms with Crippen LogP contribution in [-0.4, -0.2) is 33.1 Å². The Kier molecular flexibility index (Phi) is 6.84. The molecule has 2 aromatic carbocycles. The molecule has 0 fully saturated rings. The number of rotatable bonds is 8. The molecule has 0 saturated carbocycles. The molecule has 1 amide bonds. The molecule has 138 valence electrons.